The number of carbonyl (C=O) groups excluding carboxylic acids is 2. The third-order valence-electron chi connectivity index (χ3n) is 4.25. The van der Waals surface area contributed by atoms with E-state index in [1.165, 1.54) is 0 Å². The summed E-state index contributed by atoms with van der Waals surface area (Å²) in [4.78, 5) is 25.6. The minimum Gasteiger partial charge on any atom is -0.445 e. The molecule has 0 spiro atoms. The second-order valence-corrected chi connectivity index (χ2v) is 8.00. The van der Waals surface area contributed by atoms with Gasteiger partial charge in [-0.25, -0.2) is 9.59 Å². The smallest absolute Gasteiger partial charge is 0.410 e. The summed E-state index contributed by atoms with van der Waals surface area (Å²) in [5.41, 5.74) is 0.469. The second-order valence-electron chi connectivity index (χ2n) is 8.00. The Hall–Kier alpha value is -2.28. The molecule has 1 unspecified atom stereocenters. The van der Waals surface area contributed by atoms with E-state index in [1.807, 2.05) is 51.1 Å². The lowest BCUT2D eigenvalue weighted by molar-refractivity contribution is 0.0392. The quantitative estimate of drug-likeness (QED) is 0.718. The molecule has 1 atom stereocenters. The molecule has 7 nitrogen and oxygen atoms in total. The van der Waals surface area contributed by atoms with Gasteiger partial charge in [-0.3, -0.25) is 0 Å². The Morgan fingerprint density at radius 2 is 1.96 bits per heavy atom. The van der Waals surface area contributed by atoms with Crippen molar-refractivity contribution >= 4 is 12.2 Å². The highest BCUT2D eigenvalue weighted by atomic mass is 16.6. The van der Waals surface area contributed by atoms with Crippen LogP contribution in [0.2, 0.25) is 0 Å². The number of nitrogens with one attached hydrogen (secondary N) is 1. The van der Waals surface area contributed by atoms with Crippen molar-refractivity contribution in [2.45, 2.75) is 45.8 Å². The molecule has 0 saturated carbocycles. The largest absolute Gasteiger partial charge is 0.445 e. The van der Waals surface area contributed by atoms with Gasteiger partial charge in [0.25, 0.3) is 0 Å². The fraction of sp³-hybridized carbons (Fsp3) is 0.619. The molecular weight excluding hydrogens is 360 g/mol. The van der Waals surface area contributed by atoms with Gasteiger partial charge in [0, 0.05) is 25.6 Å². The van der Waals surface area contributed by atoms with Gasteiger partial charge < -0.3 is 24.4 Å². The predicted molar refractivity (Wildman–Crippen MR) is 106 cm³/mol. The number of benzene rings is 1. The number of alkyl carbamates (subject to hydrolysis) is 1. The number of carbonyl (C=O) groups is 2. The molecule has 28 heavy (non-hydrogen) atoms. The molecule has 1 aliphatic heterocycles. The molecule has 1 N–H and O–H groups in total. The van der Waals surface area contributed by atoms with Crippen LogP contribution in [0.15, 0.2) is 30.3 Å². The molecule has 156 valence electrons. The van der Waals surface area contributed by atoms with E-state index >= 15 is 0 Å². The van der Waals surface area contributed by atoms with E-state index in [9.17, 15) is 9.59 Å². The normalized spacial score (nSPS) is 17.1. The van der Waals surface area contributed by atoms with Crippen LogP contribution in [-0.2, 0) is 20.8 Å². The summed E-state index contributed by atoms with van der Waals surface area (Å²) in [6, 6.07) is 9.66. The molecule has 1 heterocycles. The van der Waals surface area contributed by atoms with Crippen LogP contribution in [0.3, 0.4) is 0 Å². The van der Waals surface area contributed by atoms with E-state index in [0.717, 1.165) is 18.4 Å². The van der Waals surface area contributed by atoms with Crippen molar-refractivity contribution in [3.63, 3.8) is 0 Å². The van der Waals surface area contributed by atoms with Gasteiger partial charge in [-0.1, -0.05) is 30.3 Å². The topological polar surface area (TPSA) is 77.1 Å². The van der Waals surface area contributed by atoms with Gasteiger partial charge in [0.2, 0.25) is 0 Å². The molecule has 0 aromatic heterocycles. The Balaban J connectivity index is 1.60. The Morgan fingerprint density at radius 1 is 1.21 bits per heavy atom. The van der Waals surface area contributed by atoms with Crippen LogP contribution < -0.4 is 5.32 Å². The number of likely N-dealkylation sites (tertiary alicyclic amines) is 1. The number of hydrogen-bond acceptors (Lipinski definition) is 5. The van der Waals surface area contributed by atoms with Crippen LogP contribution in [0.1, 0.15) is 39.2 Å². The lowest BCUT2D eigenvalue weighted by Crippen LogP contribution is -2.41. The highest BCUT2D eigenvalue weighted by molar-refractivity contribution is 5.68. The maximum atomic E-state index is 12.3. The lowest BCUT2D eigenvalue weighted by Gasteiger charge is -2.31. The second kappa shape index (κ2) is 10.9. The van der Waals surface area contributed by atoms with Crippen LogP contribution in [0.4, 0.5) is 9.59 Å². The number of amides is 2. The van der Waals surface area contributed by atoms with Gasteiger partial charge in [0.15, 0.2) is 0 Å². The van der Waals surface area contributed by atoms with E-state index in [-0.39, 0.29) is 18.6 Å². The van der Waals surface area contributed by atoms with E-state index in [0.29, 0.717) is 32.8 Å². The van der Waals surface area contributed by atoms with Crippen molar-refractivity contribution in [2.24, 2.45) is 5.92 Å². The number of nitrogens with zero attached hydrogens (tertiary/aromatic N) is 1. The monoisotopic (exact) mass is 392 g/mol. The number of ether oxygens (including phenoxy) is 3. The van der Waals surface area contributed by atoms with E-state index in [4.69, 9.17) is 14.2 Å². The molecule has 1 fully saturated rings. The van der Waals surface area contributed by atoms with Gasteiger partial charge in [0.05, 0.1) is 13.2 Å². The minimum atomic E-state index is -0.508. The predicted octanol–water partition coefficient (Wildman–Crippen LogP) is 3.58. The Labute approximate surface area is 167 Å². The molecule has 7 heteroatoms. The van der Waals surface area contributed by atoms with E-state index < -0.39 is 11.7 Å². The molecule has 2 rings (SSSR count). The van der Waals surface area contributed by atoms with Gasteiger partial charge in [-0.2, -0.15) is 0 Å². The molecule has 0 bridgehead atoms. The summed E-state index contributed by atoms with van der Waals surface area (Å²) in [7, 11) is 0. The third kappa shape index (κ3) is 8.61. The average molecular weight is 392 g/mol. The zero-order valence-electron chi connectivity index (χ0n) is 17.1. The summed E-state index contributed by atoms with van der Waals surface area (Å²) in [6.07, 6.45) is 1.23. The van der Waals surface area contributed by atoms with Crippen LogP contribution in [-0.4, -0.2) is 55.5 Å². The molecule has 1 aliphatic rings. The van der Waals surface area contributed by atoms with Gasteiger partial charge in [-0.15, -0.1) is 0 Å². The highest BCUT2D eigenvalue weighted by Gasteiger charge is 2.25. The molecule has 2 amide bonds. The van der Waals surface area contributed by atoms with E-state index in [2.05, 4.69) is 5.32 Å². The maximum absolute atomic E-state index is 12.3. The van der Waals surface area contributed by atoms with Crippen molar-refractivity contribution in [1.29, 1.82) is 0 Å². The Bertz CT molecular complexity index is 615. The summed E-state index contributed by atoms with van der Waals surface area (Å²) in [5, 5.41) is 2.67. The maximum Gasteiger partial charge on any atom is 0.410 e. The zero-order chi connectivity index (χ0) is 20.4. The van der Waals surface area contributed by atoms with Crippen LogP contribution >= 0.6 is 0 Å². The van der Waals surface area contributed by atoms with Gasteiger partial charge >= 0.3 is 12.2 Å². The Kier molecular flexibility index (Phi) is 8.57. The van der Waals surface area contributed by atoms with Crippen molar-refractivity contribution in [3.8, 4) is 0 Å². The van der Waals surface area contributed by atoms with Crippen molar-refractivity contribution in [1.82, 2.24) is 10.2 Å². The first-order valence-corrected chi connectivity index (χ1v) is 9.84. The molecule has 1 saturated heterocycles. The lowest BCUT2D eigenvalue weighted by atomic mass is 9.99. The number of hydrogen-bond donors (Lipinski definition) is 1. The van der Waals surface area contributed by atoms with Crippen molar-refractivity contribution in [3.05, 3.63) is 35.9 Å². The highest BCUT2D eigenvalue weighted by Crippen LogP contribution is 2.18. The van der Waals surface area contributed by atoms with Gasteiger partial charge in [0.1, 0.15) is 12.2 Å². The molecule has 1 aromatic rings. The minimum absolute atomic E-state index is 0.277. The first-order chi connectivity index (χ1) is 13.3. The fourth-order valence-corrected chi connectivity index (χ4v) is 2.97. The third-order valence-corrected chi connectivity index (χ3v) is 4.25. The van der Waals surface area contributed by atoms with Crippen LogP contribution in [0.5, 0.6) is 0 Å². The fourth-order valence-electron chi connectivity index (χ4n) is 2.97. The first-order valence-electron chi connectivity index (χ1n) is 9.84. The van der Waals surface area contributed by atoms with Crippen LogP contribution in [0.25, 0.3) is 0 Å². The molecular formula is C21H32N2O5. The number of rotatable bonds is 7. The average Bonchev–Trinajstić information content (AvgIpc) is 2.65. The van der Waals surface area contributed by atoms with E-state index in [1.54, 1.807) is 4.90 Å². The standard InChI is InChI=1S/C21H32N2O5/c1-21(2,3)28-19(24)22-11-13-26-15-18-10-7-12-23(14-18)20(25)27-16-17-8-5-4-6-9-17/h4-6,8-9,18H,7,10-16H2,1-3H3,(H,22,24). The summed E-state index contributed by atoms with van der Waals surface area (Å²) < 4.78 is 16.2. The SMILES string of the molecule is CC(C)(C)OC(=O)NCCOCC1CCCN(C(=O)OCc2ccccc2)C1. The first kappa shape index (κ1) is 22.0. The summed E-state index contributed by atoms with van der Waals surface area (Å²) in [6.45, 7) is 8.45. The van der Waals surface area contributed by atoms with Crippen molar-refractivity contribution in [2.75, 3.05) is 32.8 Å². The summed E-state index contributed by atoms with van der Waals surface area (Å²) >= 11 is 0. The molecule has 0 radical (unpaired) electrons. The molecule has 1 aromatic carbocycles. The molecule has 0 aliphatic carbocycles. The zero-order valence-corrected chi connectivity index (χ0v) is 17.1. The summed E-state index contributed by atoms with van der Waals surface area (Å²) in [5.74, 6) is 0.277. The van der Waals surface area contributed by atoms with Gasteiger partial charge in [-0.05, 0) is 39.2 Å². The van der Waals surface area contributed by atoms with Crippen LogP contribution in [0, 0.1) is 5.92 Å². The Morgan fingerprint density at radius 3 is 2.68 bits per heavy atom. The number of piperidine rings is 1. The van der Waals surface area contributed by atoms with Crippen molar-refractivity contribution < 1.29 is 23.8 Å².